The first-order valence-electron chi connectivity index (χ1n) is 6.52. The van der Waals surface area contributed by atoms with Crippen LogP contribution < -0.4 is 11.1 Å². The Bertz CT molecular complexity index is 594. The summed E-state index contributed by atoms with van der Waals surface area (Å²) in [4.78, 5) is 0. The molecule has 1 atom stereocenters. The molecule has 0 heterocycles. The minimum atomic E-state index is -0.306. The number of benzene rings is 2. The quantitative estimate of drug-likeness (QED) is 0.831. The molecule has 1 unspecified atom stereocenters. The summed E-state index contributed by atoms with van der Waals surface area (Å²) in [5.41, 5.74) is 8.49. The molecule has 0 amide bonds. The standard InChI is InChI=1S/C16H18F2N2/c1-10-7-16(15(19)9-14(10)18)20-11(2)8-12-3-5-13(17)6-4-12/h3-7,9,11,20H,8,19H2,1-2H3. The number of hydrogen-bond acceptors (Lipinski definition) is 2. The average molecular weight is 276 g/mol. The molecule has 0 spiro atoms. The topological polar surface area (TPSA) is 38.0 Å². The average Bonchev–Trinajstić information content (AvgIpc) is 2.39. The van der Waals surface area contributed by atoms with Gasteiger partial charge in [-0.2, -0.15) is 0 Å². The zero-order valence-electron chi connectivity index (χ0n) is 11.6. The molecule has 0 radical (unpaired) electrons. The third-order valence-electron chi connectivity index (χ3n) is 3.19. The van der Waals surface area contributed by atoms with E-state index in [2.05, 4.69) is 5.32 Å². The van der Waals surface area contributed by atoms with Crippen LogP contribution in [0.15, 0.2) is 36.4 Å². The van der Waals surface area contributed by atoms with Gasteiger partial charge in [-0.3, -0.25) is 0 Å². The van der Waals surface area contributed by atoms with Crippen LogP contribution in [0.1, 0.15) is 18.1 Å². The second-order valence-corrected chi connectivity index (χ2v) is 5.06. The van der Waals surface area contributed by atoms with Gasteiger partial charge in [-0.05, 0) is 55.7 Å². The first-order valence-corrected chi connectivity index (χ1v) is 6.52. The molecule has 106 valence electrons. The van der Waals surface area contributed by atoms with Gasteiger partial charge in [0, 0.05) is 6.04 Å². The van der Waals surface area contributed by atoms with Crippen LogP contribution in [0.2, 0.25) is 0 Å². The molecule has 0 bridgehead atoms. The maximum absolute atomic E-state index is 13.3. The van der Waals surface area contributed by atoms with Crippen molar-refractivity contribution in [1.82, 2.24) is 0 Å². The lowest BCUT2D eigenvalue weighted by molar-refractivity contribution is 0.619. The SMILES string of the molecule is Cc1cc(NC(C)Cc2ccc(F)cc2)c(N)cc1F. The van der Waals surface area contributed by atoms with Gasteiger partial charge in [-0.25, -0.2) is 8.78 Å². The van der Waals surface area contributed by atoms with Gasteiger partial charge in [-0.15, -0.1) is 0 Å². The fourth-order valence-electron chi connectivity index (χ4n) is 2.11. The molecule has 2 aromatic rings. The van der Waals surface area contributed by atoms with Crippen molar-refractivity contribution in [1.29, 1.82) is 0 Å². The summed E-state index contributed by atoms with van der Waals surface area (Å²) in [7, 11) is 0. The van der Waals surface area contributed by atoms with Gasteiger partial charge >= 0.3 is 0 Å². The van der Waals surface area contributed by atoms with Crippen LogP contribution in [0, 0.1) is 18.6 Å². The highest BCUT2D eigenvalue weighted by Crippen LogP contribution is 2.23. The van der Waals surface area contributed by atoms with Crippen LogP contribution in [-0.4, -0.2) is 6.04 Å². The van der Waals surface area contributed by atoms with Crippen molar-refractivity contribution in [3.8, 4) is 0 Å². The Morgan fingerprint density at radius 1 is 1.15 bits per heavy atom. The lowest BCUT2D eigenvalue weighted by Gasteiger charge is -2.17. The van der Waals surface area contributed by atoms with Gasteiger partial charge < -0.3 is 11.1 Å². The lowest BCUT2D eigenvalue weighted by Crippen LogP contribution is -2.19. The van der Waals surface area contributed by atoms with Gasteiger partial charge in [0.1, 0.15) is 11.6 Å². The molecule has 2 aromatic carbocycles. The molecular weight excluding hydrogens is 258 g/mol. The van der Waals surface area contributed by atoms with Crippen LogP contribution in [0.4, 0.5) is 20.2 Å². The Labute approximate surface area is 117 Å². The third-order valence-corrected chi connectivity index (χ3v) is 3.19. The van der Waals surface area contributed by atoms with Crippen molar-refractivity contribution in [2.24, 2.45) is 0 Å². The number of aryl methyl sites for hydroxylation is 1. The summed E-state index contributed by atoms with van der Waals surface area (Å²) in [6.07, 6.45) is 0.732. The molecule has 0 aliphatic carbocycles. The second kappa shape index (κ2) is 5.90. The zero-order valence-corrected chi connectivity index (χ0v) is 11.6. The lowest BCUT2D eigenvalue weighted by atomic mass is 10.1. The number of nitrogens with one attached hydrogen (secondary N) is 1. The summed E-state index contributed by atoms with van der Waals surface area (Å²) in [6, 6.07) is 9.53. The monoisotopic (exact) mass is 276 g/mol. The fourth-order valence-corrected chi connectivity index (χ4v) is 2.11. The minimum Gasteiger partial charge on any atom is -0.397 e. The number of nitrogen functional groups attached to an aromatic ring is 1. The number of nitrogens with two attached hydrogens (primary N) is 1. The Morgan fingerprint density at radius 2 is 1.80 bits per heavy atom. The van der Waals surface area contributed by atoms with Gasteiger partial charge in [-0.1, -0.05) is 12.1 Å². The number of anilines is 2. The van der Waals surface area contributed by atoms with Crippen molar-refractivity contribution in [3.05, 3.63) is 59.2 Å². The van der Waals surface area contributed by atoms with E-state index >= 15 is 0 Å². The highest BCUT2D eigenvalue weighted by Gasteiger charge is 2.09. The predicted molar refractivity (Wildman–Crippen MR) is 78.7 cm³/mol. The Morgan fingerprint density at radius 3 is 2.45 bits per heavy atom. The zero-order chi connectivity index (χ0) is 14.7. The minimum absolute atomic E-state index is 0.104. The van der Waals surface area contributed by atoms with Crippen LogP contribution in [0.5, 0.6) is 0 Å². The molecule has 3 N–H and O–H groups in total. The van der Waals surface area contributed by atoms with Crippen LogP contribution in [0.3, 0.4) is 0 Å². The van der Waals surface area contributed by atoms with Crippen molar-refractivity contribution in [2.45, 2.75) is 26.3 Å². The third kappa shape index (κ3) is 3.47. The molecule has 0 aromatic heterocycles. The van der Waals surface area contributed by atoms with E-state index in [0.717, 1.165) is 17.7 Å². The molecule has 2 rings (SSSR count). The summed E-state index contributed by atoms with van der Waals surface area (Å²) in [5, 5.41) is 3.26. The fraction of sp³-hybridized carbons (Fsp3) is 0.250. The molecule has 0 saturated heterocycles. The molecule has 4 heteroatoms. The van der Waals surface area contributed by atoms with E-state index in [1.54, 1.807) is 25.1 Å². The van der Waals surface area contributed by atoms with Crippen LogP contribution in [0.25, 0.3) is 0 Å². The van der Waals surface area contributed by atoms with Gasteiger partial charge in [0.05, 0.1) is 11.4 Å². The largest absolute Gasteiger partial charge is 0.397 e. The van der Waals surface area contributed by atoms with Crippen molar-refractivity contribution < 1.29 is 8.78 Å². The highest BCUT2D eigenvalue weighted by molar-refractivity contribution is 5.67. The number of halogens is 2. The van der Waals surface area contributed by atoms with Gasteiger partial charge in [0.2, 0.25) is 0 Å². The Hall–Kier alpha value is -2.10. The molecule has 20 heavy (non-hydrogen) atoms. The summed E-state index contributed by atoms with van der Waals surface area (Å²) >= 11 is 0. The molecule has 0 aliphatic heterocycles. The number of rotatable bonds is 4. The van der Waals surface area contributed by atoms with Gasteiger partial charge in [0.25, 0.3) is 0 Å². The van der Waals surface area contributed by atoms with E-state index in [1.165, 1.54) is 18.2 Å². The summed E-state index contributed by atoms with van der Waals surface area (Å²) < 4.78 is 26.2. The van der Waals surface area contributed by atoms with Gasteiger partial charge in [0.15, 0.2) is 0 Å². The van der Waals surface area contributed by atoms with Crippen LogP contribution >= 0.6 is 0 Å². The van der Waals surface area contributed by atoms with Crippen molar-refractivity contribution in [2.75, 3.05) is 11.1 Å². The second-order valence-electron chi connectivity index (χ2n) is 5.06. The first-order chi connectivity index (χ1) is 9.45. The van der Waals surface area contributed by atoms with Crippen molar-refractivity contribution in [3.63, 3.8) is 0 Å². The summed E-state index contributed by atoms with van der Waals surface area (Å²) in [5.74, 6) is -0.549. The highest BCUT2D eigenvalue weighted by atomic mass is 19.1. The maximum atomic E-state index is 13.3. The molecule has 0 aliphatic rings. The molecule has 0 fully saturated rings. The van der Waals surface area contributed by atoms with E-state index < -0.39 is 0 Å². The maximum Gasteiger partial charge on any atom is 0.128 e. The normalized spacial score (nSPS) is 12.2. The van der Waals surface area contributed by atoms with Crippen LogP contribution in [-0.2, 0) is 6.42 Å². The summed E-state index contributed by atoms with van der Waals surface area (Å²) in [6.45, 7) is 3.70. The first kappa shape index (κ1) is 14.3. The van der Waals surface area contributed by atoms with E-state index in [-0.39, 0.29) is 17.7 Å². The van der Waals surface area contributed by atoms with E-state index in [4.69, 9.17) is 5.73 Å². The Kier molecular flexibility index (Phi) is 4.23. The molecule has 2 nitrogen and oxygen atoms in total. The van der Waals surface area contributed by atoms with E-state index in [9.17, 15) is 8.78 Å². The van der Waals surface area contributed by atoms with E-state index in [0.29, 0.717) is 11.3 Å². The van der Waals surface area contributed by atoms with Crippen molar-refractivity contribution >= 4 is 11.4 Å². The predicted octanol–water partition coefficient (Wildman–Crippen LogP) is 3.90. The molecular formula is C16H18F2N2. The number of hydrogen-bond donors (Lipinski definition) is 2. The van der Waals surface area contributed by atoms with E-state index in [1.807, 2.05) is 6.92 Å². The Balaban J connectivity index is 2.06. The smallest absolute Gasteiger partial charge is 0.128 e. The molecule has 0 saturated carbocycles.